The van der Waals surface area contributed by atoms with Gasteiger partial charge in [0.2, 0.25) is 5.91 Å². The molecule has 166 valence electrons. The number of halogens is 1. The van der Waals surface area contributed by atoms with Crippen LogP contribution in [-0.2, 0) is 17.9 Å². The van der Waals surface area contributed by atoms with Crippen molar-refractivity contribution < 1.29 is 14.0 Å². The third-order valence-corrected chi connectivity index (χ3v) is 7.05. The molecule has 1 fully saturated rings. The lowest BCUT2D eigenvalue weighted by Crippen LogP contribution is -2.64. The van der Waals surface area contributed by atoms with E-state index in [0.29, 0.717) is 17.8 Å². The second-order valence-electron chi connectivity index (χ2n) is 9.24. The monoisotopic (exact) mass is 433 g/mol. The first-order valence-electron chi connectivity index (χ1n) is 11.4. The van der Waals surface area contributed by atoms with E-state index in [1.54, 1.807) is 23.1 Å². The molecule has 1 unspecified atom stereocenters. The molecule has 2 amide bonds. The minimum atomic E-state index is -1.13. The fourth-order valence-electron chi connectivity index (χ4n) is 5.14. The van der Waals surface area contributed by atoms with Crippen LogP contribution in [0.25, 0.3) is 10.9 Å². The molecule has 0 bridgehead atoms. The molecule has 32 heavy (non-hydrogen) atoms. The number of aromatic nitrogens is 1. The number of amides is 2. The van der Waals surface area contributed by atoms with Gasteiger partial charge in [-0.15, -0.1) is 0 Å². The minimum Gasteiger partial charge on any atom is -0.351 e. The molecule has 2 heterocycles. The fraction of sp³-hybridized carbons (Fsp3) is 0.385. The van der Waals surface area contributed by atoms with E-state index in [-0.39, 0.29) is 30.2 Å². The summed E-state index contributed by atoms with van der Waals surface area (Å²) < 4.78 is 16.5. The average molecular weight is 434 g/mol. The van der Waals surface area contributed by atoms with Gasteiger partial charge >= 0.3 is 0 Å². The highest BCUT2D eigenvalue weighted by atomic mass is 19.1. The van der Waals surface area contributed by atoms with Crippen molar-refractivity contribution >= 4 is 22.7 Å². The van der Waals surface area contributed by atoms with Gasteiger partial charge in [0.15, 0.2) is 0 Å². The Bertz CT molecular complexity index is 1180. The highest BCUT2D eigenvalue weighted by Gasteiger charge is 2.48. The lowest BCUT2D eigenvalue weighted by atomic mass is 9.91. The van der Waals surface area contributed by atoms with Crippen LogP contribution in [0.1, 0.15) is 55.1 Å². The molecule has 3 aromatic rings. The number of rotatable bonds is 4. The standard InChI is InChI=1S/C26H28FN3O2/c1-26(25(32)28-20-11-3-2-4-12-20)17-29-22-14-8-6-9-18(22)15-23(29)24(31)30(26)16-19-10-5-7-13-21(19)27/h5-10,13-15,20H,2-4,11-12,16-17H2,1H3,(H,28,32). The molecule has 0 saturated heterocycles. The van der Waals surface area contributed by atoms with Crippen LogP contribution in [0, 0.1) is 5.82 Å². The summed E-state index contributed by atoms with van der Waals surface area (Å²) in [5.74, 6) is -0.795. The van der Waals surface area contributed by atoms with Crippen LogP contribution in [0.2, 0.25) is 0 Å². The van der Waals surface area contributed by atoms with Crippen LogP contribution in [0.15, 0.2) is 54.6 Å². The van der Waals surface area contributed by atoms with Gasteiger partial charge in [-0.1, -0.05) is 55.7 Å². The summed E-state index contributed by atoms with van der Waals surface area (Å²) in [4.78, 5) is 28.9. The van der Waals surface area contributed by atoms with Crippen LogP contribution in [0.4, 0.5) is 4.39 Å². The number of para-hydroxylation sites is 1. The Hall–Kier alpha value is -3.15. The van der Waals surface area contributed by atoms with Gasteiger partial charge in [0, 0.05) is 22.5 Å². The summed E-state index contributed by atoms with van der Waals surface area (Å²) in [7, 11) is 0. The second kappa shape index (κ2) is 8.08. The van der Waals surface area contributed by atoms with E-state index in [9.17, 15) is 14.0 Å². The average Bonchev–Trinajstić information content (AvgIpc) is 3.17. The lowest BCUT2D eigenvalue weighted by Gasteiger charge is -2.45. The van der Waals surface area contributed by atoms with E-state index in [4.69, 9.17) is 0 Å². The van der Waals surface area contributed by atoms with Crippen molar-refractivity contribution in [2.24, 2.45) is 0 Å². The SMILES string of the molecule is CC1(C(=O)NC2CCCCC2)Cn2c(cc3ccccc32)C(=O)N1Cc1ccccc1F. The molecule has 1 aliphatic carbocycles. The van der Waals surface area contributed by atoms with Crippen molar-refractivity contribution in [2.75, 3.05) is 0 Å². The van der Waals surface area contributed by atoms with E-state index >= 15 is 0 Å². The van der Waals surface area contributed by atoms with E-state index in [1.165, 1.54) is 12.5 Å². The number of nitrogens with zero attached hydrogens (tertiary/aromatic N) is 2. The van der Waals surface area contributed by atoms with Crippen molar-refractivity contribution in [1.29, 1.82) is 0 Å². The quantitative estimate of drug-likeness (QED) is 0.652. The Morgan fingerprint density at radius 3 is 2.59 bits per heavy atom. The fourth-order valence-corrected chi connectivity index (χ4v) is 5.14. The second-order valence-corrected chi connectivity index (χ2v) is 9.24. The number of nitrogens with one attached hydrogen (secondary N) is 1. The summed E-state index contributed by atoms with van der Waals surface area (Å²) in [6.45, 7) is 2.18. The van der Waals surface area contributed by atoms with Gasteiger partial charge in [-0.3, -0.25) is 9.59 Å². The molecular weight excluding hydrogens is 405 g/mol. The van der Waals surface area contributed by atoms with Crippen molar-refractivity contribution in [1.82, 2.24) is 14.8 Å². The van der Waals surface area contributed by atoms with Gasteiger partial charge in [0.1, 0.15) is 17.1 Å². The van der Waals surface area contributed by atoms with Crippen LogP contribution in [0.5, 0.6) is 0 Å². The zero-order chi connectivity index (χ0) is 22.3. The maximum absolute atomic E-state index is 14.5. The molecule has 1 saturated carbocycles. The number of carbonyl (C=O) groups excluding carboxylic acids is 2. The third kappa shape index (κ3) is 3.48. The molecule has 1 atom stereocenters. The minimum absolute atomic E-state index is 0.0433. The Morgan fingerprint density at radius 1 is 1.09 bits per heavy atom. The number of hydrogen-bond donors (Lipinski definition) is 1. The van der Waals surface area contributed by atoms with Gasteiger partial charge in [0.05, 0.1) is 13.1 Å². The normalized spacial score (nSPS) is 21.6. The highest BCUT2D eigenvalue weighted by Crippen LogP contribution is 2.34. The van der Waals surface area contributed by atoms with E-state index < -0.39 is 5.54 Å². The molecule has 0 spiro atoms. The van der Waals surface area contributed by atoms with Crippen LogP contribution in [-0.4, -0.2) is 32.9 Å². The van der Waals surface area contributed by atoms with Crippen molar-refractivity contribution in [3.05, 3.63) is 71.7 Å². The predicted octanol–water partition coefficient (Wildman–Crippen LogP) is 4.64. The smallest absolute Gasteiger partial charge is 0.271 e. The van der Waals surface area contributed by atoms with Crippen LogP contribution < -0.4 is 5.32 Å². The van der Waals surface area contributed by atoms with Crippen LogP contribution >= 0.6 is 0 Å². The largest absolute Gasteiger partial charge is 0.351 e. The molecule has 6 heteroatoms. The predicted molar refractivity (Wildman–Crippen MR) is 122 cm³/mol. The van der Waals surface area contributed by atoms with Gasteiger partial charge in [-0.2, -0.15) is 0 Å². The Morgan fingerprint density at radius 2 is 1.81 bits per heavy atom. The highest BCUT2D eigenvalue weighted by molar-refractivity contribution is 6.03. The first kappa shape index (κ1) is 20.7. The molecular formula is C26H28FN3O2. The van der Waals surface area contributed by atoms with Gasteiger partial charge in [-0.05, 0) is 38.0 Å². The Balaban J connectivity index is 1.56. The third-order valence-electron chi connectivity index (χ3n) is 7.05. The summed E-state index contributed by atoms with van der Waals surface area (Å²) >= 11 is 0. The molecule has 0 radical (unpaired) electrons. The zero-order valence-corrected chi connectivity index (χ0v) is 18.3. The summed E-state index contributed by atoms with van der Waals surface area (Å²) in [5.41, 5.74) is 0.733. The van der Waals surface area contributed by atoms with Crippen molar-refractivity contribution in [3.63, 3.8) is 0 Å². The molecule has 2 aromatic carbocycles. The first-order chi connectivity index (χ1) is 15.5. The molecule has 1 N–H and O–H groups in total. The molecule has 2 aliphatic rings. The van der Waals surface area contributed by atoms with E-state index in [2.05, 4.69) is 5.32 Å². The molecule has 5 nitrogen and oxygen atoms in total. The number of hydrogen-bond acceptors (Lipinski definition) is 2. The number of fused-ring (bicyclic) bond motifs is 3. The van der Waals surface area contributed by atoms with Gasteiger partial charge < -0.3 is 14.8 Å². The number of carbonyl (C=O) groups is 2. The van der Waals surface area contributed by atoms with Crippen molar-refractivity contribution in [2.45, 2.75) is 63.7 Å². The van der Waals surface area contributed by atoms with Gasteiger partial charge in [-0.25, -0.2) is 4.39 Å². The van der Waals surface area contributed by atoms with Crippen molar-refractivity contribution in [3.8, 4) is 0 Å². The van der Waals surface area contributed by atoms with Crippen LogP contribution in [0.3, 0.4) is 0 Å². The molecule has 1 aromatic heterocycles. The number of benzene rings is 2. The molecule has 1 aliphatic heterocycles. The van der Waals surface area contributed by atoms with Gasteiger partial charge in [0.25, 0.3) is 5.91 Å². The Labute approximate surface area is 187 Å². The molecule has 5 rings (SSSR count). The Kier molecular flexibility index (Phi) is 5.24. The van der Waals surface area contributed by atoms with E-state index in [0.717, 1.165) is 36.6 Å². The summed E-state index contributed by atoms with van der Waals surface area (Å²) in [6.07, 6.45) is 5.32. The summed E-state index contributed by atoms with van der Waals surface area (Å²) in [5, 5.41) is 4.17. The van der Waals surface area contributed by atoms with E-state index in [1.807, 2.05) is 41.8 Å². The maximum Gasteiger partial charge on any atom is 0.271 e. The zero-order valence-electron chi connectivity index (χ0n) is 18.3. The first-order valence-corrected chi connectivity index (χ1v) is 11.4. The summed E-state index contributed by atoms with van der Waals surface area (Å²) in [6, 6.07) is 16.2. The lowest BCUT2D eigenvalue weighted by molar-refractivity contribution is -0.134. The topological polar surface area (TPSA) is 54.3 Å². The maximum atomic E-state index is 14.5.